The molecule has 35 heteroatoms. The number of aliphatic imine (C=N–C) groups is 2. The monoisotopic (exact) mass is 1170 g/mol. The third-order valence-electron chi connectivity index (χ3n) is 3.47. The highest BCUT2D eigenvalue weighted by molar-refractivity contribution is 9.25. The van der Waals surface area contributed by atoms with E-state index < -0.39 is 76.7 Å². The molecule has 0 amide bonds. The number of rotatable bonds is 8. The normalized spacial score (nSPS) is 13.0. The molecule has 312 valence electrons. The summed E-state index contributed by atoms with van der Waals surface area (Å²) >= 11 is 15.4. The Hall–Kier alpha value is -1.14. The number of alkyl halides is 14. The Kier molecular flexibility index (Phi) is 28.3. The lowest BCUT2D eigenvalue weighted by atomic mass is 10.5. The van der Waals surface area contributed by atoms with E-state index in [1.807, 2.05) is 3.63 Å². The lowest BCUT2D eigenvalue weighted by Gasteiger charge is -2.09. The SMILES string of the molecule is BrC1=NCN=C1Br.CCC(F)F.FC(F)Cn1nc(Br)c(Br)n1.FC(F)Cn1ncc(Br)n1.O=S(=O)(OS(=O)(=O)C(F)(F)F)C(F)(F)F.OCC(F)F. The smallest absolute Gasteiger partial charge is 0.390 e. The van der Waals surface area contributed by atoms with E-state index in [1.165, 1.54) is 13.1 Å². The second-order valence-electron chi connectivity index (χ2n) is 7.62. The maximum absolute atomic E-state index is 11.7. The van der Waals surface area contributed by atoms with E-state index in [4.69, 9.17) is 5.11 Å². The third kappa shape index (κ3) is 28.0. The van der Waals surface area contributed by atoms with Crippen molar-refractivity contribution in [1.82, 2.24) is 30.0 Å². The zero-order chi connectivity index (χ0) is 42.5. The molecule has 3 rings (SSSR count). The molecule has 2 aromatic rings. The fourth-order valence-electron chi connectivity index (χ4n) is 1.49. The van der Waals surface area contributed by atoms with Gasteiger partial charge in [0.1, 0.15) is 40.2 Å². The van der Waals surface area contributed by atoms with Crippen molar-refractivity contribution in [3.63, 3.8) is 0 Å². The molecule has 1 aliphatic rings. The summed E-state index contributed by atoms with van der Waals surface area (Å²) in [5.74, 6) is 0. The zero-order valence-electron chi connectivity index (χ0n) is 25.0. The van der Waals surface area contributed by atoms with Crippen molar-refractivity contribution in [3.05, 3.63) is 20.0 Å². The highest BCUT2D eigenvalue weighted by Gasteiger charge is 2.57. The Morgan fingerprint density at radius 3 is 1.25 bits per heavy atom. The van der Waals surface area contributed by atoms with Crippen LogP contribution in [0.4, 0.5) is 61.5 Å². The Bertz CT molecular complexity index is 1530. The number of aromatic nitrogens is 6. The minimum atomic E-state index is -6.85. The second-order valence-corrected chi connectivity index (χ2v) is 14.7. The second kappa shape index (κ2) is 26.7. The van der Waals surface area contributed by atoms with E-state index in [9.17, 15) is 78.3 Å². The molecule has 0 spiro atoms. The van der Waals surface area contributed by atoms with Crippen LogP contribution in [0.2, 0.25) is 0 Å². The Balaban J connectivity index is -0.000000591. The van der Waals surface area contributed by atoms with Crippen LogP contribution < -0.4 is 0 Å². The van der Waals surface area contributed by atoms with Crippen LogP contribution in [0.1, 0.15) is 13.3 Å². The molecule has 0 aliphatic carbocycles. The molecule has 0 saturated heterocycles. The van der Waals surface area contributed by atoms with Gasteiger partial charge in [-0.1, -0.05) is 6.92 Å². The molecule has 0 unspecified atom stereocenters. The van der Waals surface area contributed by atoms with Crippen molar-refractivity contribution >= 4 is 109 Å². The molecule has 3 heterocycles. The van der Waals surface area contributed by atoms with Gasteiger partial charge in [0.2, 0.25) is 6.43 Å². The molecule has 0 bridgehead atoms. The van der Waals surface area contributed by atoms with Gasteiger partial charge in [0.25, 0.3) is 19.3 Å². The van der Waals surface area contributed by atoms with Gasteiger partial charge < -0.3 is 5.11 Å². The maximum Gasteiger partial charge on any atom is 0.524 e. The van der Waals surface area contributed by atoms with Crippen LogP contribution >= 0.6 is 79.6 Å². The van der Waals surface area contributed by atoms with Gasteiger partial charge in [-0.3, -0.25) is 9.98 Å². The van der Waals surface area contributed by atoms with E-state index in [2.05, 4.69) is 110 Å². The third-order valence-corrected chi connectivity index (χ3v) is 9.79. The van der Waals surface area contributed by atoms with Crippen molar-refractivity contribution in [2.75, 3.05) is 13.3 Å². The summed E-state index contributed by atoms with van der Waals surface area (Å²) in [5.41, 5.74) is -12.5. The van der Waals surface area contributed by atoms with Crippen LogP contribution in [-0.2, 0) is 37.0 Å². The van der Waals surface area contributed by atoms with E-state index in [1.54, 1.807) is 0 Å². The number of aliphatic hydroxyl groups is 1. The van der Waals surface area contributed by atoms with Gasteiger partial charge in [-0.2, -0.15) is 57.9 Å². The van der Waals surface area contributed by atoms with Crippen LogP contribution in [-0.4, -0.2) is 111 Å². The summed E-state index contributed by atoms with van der Waals surface area (Å²) in [6, 6.07) is 0. The van der Waals surface area contributed by atoms with Crippen LogP contribution in [0.15, 0.2) is 30.0 Å². The summed E-state index contributed by atoms with van der Waals surface area (Å²) in [6.07, 6.45) is -8.17. The Labute approximate surface area is 330 Å². The highest BCUT2D eigenvalue weighted by Crippen LogP contribution is 2.32. The fraction of sp³-hybridized carbons (Fsp3) is 0.667. The molecule has 1 aliphatic heterocycles. The summed E-state index contributed by atoms with van der Waals surface area (Å²) in [4.78, 5) is 9.67. The zero-order valence-corrected chi connectivity index (χ0v) is 34.5. The molecule has 0 fully saturated rings. The summed E-state index contributed by atoms with van der Waals surface area (Å²) in [6.45, 7) is 0.0433. The van der Waals surface area contributed by atoms with Crippen molar-refractivity contribution in [3.8, 4) is 0 Å². The lowest BCUT2D eigenvalue weighted by Crippen LogP contribution is -2.34. The number of aliphatic hydroxyl groups excluding tert-OH is 1. The predicted octanol–water partition coefficient (Wildman–Crippen LogP) is 7.53. The van der Waals surface area contributed by atoms with Crippen molar-refractivity contribution in [2.45, 2.75) is 63.2 Å². The van der Waals surface area contributed by atoms with Gasteiger partial charge in [-0.05, 0) is 79.6 Å². The molecule has 14 nitrogen and oxygen atoms in total. The van der Waals surface area contributed by atoms with Gasteiger partial charge in [-0.25, -0.2) is 35.1 Å². The average Bonchev–Trinajstić information content (AvgIpc) is 3.66. The molecule has 1 N–H and O–H groups in total. The van der Waals surface area contributed by atoms with Crippen molar-refractivity contribution in [1.29, 1.82) is 0 Å². The summed E-state index contributed by atoms with van der Waals surface area (Å²) in [5, 5.41) is 21.8. The predicted molar refractivity (Wildman–Crippen MR) is 173 cm³/mol. The molecular formula is C18H19Br5F14N8O6S2. The van der Waals surface area contributed by atoms with Gasteiger partial charge >= 0.3 is 31.3 Å². The molecule has 0 aromatic carbocycles. The Morgan fingerprint density at radius 1 is 0.698 bits per heavy atom. The molecular weight excluding hydrogens is 1150 g/mol. The fourth-order valence-corrected chi connectivity index (χ4v) is 4.32. The van der Waals surface area contributed by atoms with Gasteiger partial charge in [0.15, 0.2) is 9.21 Å². The topological polar surface area (TPSA) is 184 Å². The Morgan fingerprint density at radius 2 is 1.04 bits per heavy atom. The number of hydrogen-bond donors (Lipinski definition) is 1. The first-order valence-electron chi connectivity index (χ1n) is 12.1. The van der Waals surface area contributed by atoms with E-state index >= 15 is 0 Å². The lowest BCUT2D eigenvalue weighted by molar-refractivity contribution is -0.0586. The molecule has 0 atom stereocenters. The van der Waals surface area contributed by atoms with Gasteiger partial charge in [-0.15, -0.1) is 18.9 Å². The van der Waals surface area contributed by atoms with E-state index in [-0.39, 0.29) is 6.42 Å². The first kappa shape index (κ1) is 56.2. The summed E-state index contributed by atoms with van der Waals surface area (Å²) in [7, 11) is -13.7. The molecule has 0 saturated carbocycles. The van der Waals surface area contributed by atoms with Crippen LogP contribution in [0.3, 0.4) is 0 Å². The first-order valence-corrected chi connectivity index (χ1v) is 18.9. The highest BCUT2D eigenvalue weighted by atomic mass is 79.9. The minimum Gasteiger partial charge on any atom is -0.390 e. The number of hydrogen-bond acceptors (Lipinski definition) is 12. The van der Waals surface area contributed by atoms with Gasteiger partial charge in [0.05, 0.1) is 6.20 Å². The maximum atomic E-state index is 11.7. The number of halogens is 19. The summed E-state index contributed by atoms with van der Waals surface area (Å²) < 4.78 is 202. The molecule has 2 aromatic heterocycles. The van der Waals surface area contributed by atoms with Crippen LogP contribution in [0, 0.1) is 0 Å². The molecule has 0 radical (unpaired) electrons. The quantitative estimate of drug-likeness (QED) is 0.205. The van der Waals surface area contributed by atoms with E-state index in [0.717, 1.165) is 18.8 Å². The average molecular weight is 1170 g/mol. The minimum absolute atomic E-state index is 0.0278. The largest absolute Gasteiger partial charge is 0.524 e. The van der Waals surface area contributed by atoms with E-state index in [0.29, 0.717) is 20.5 Å². The standard InChI is InChI=1S/C4H3Br2F2N3.C4H4BrF2N3.C3H2Br2N2.C3H6F2.C2F6O5S2.C2H4F2O/c5-3-4(6)10-11(9-3)1-2(7)8;5-3-1-8-10(9-3)2-4(6)7;4-2-3(5)7-1-6-2;1-2-3(4)5;3-1(4,5)14(9,10)13-15(11,12)2(6,7)8;3-2(4)1-5/h2H,1H2;1,4H,2H2;1H2;3H,2H2,1H3;;2,5H,1H2. The van der Waals surface area contributed by atoms with Crippen molar-refractivity contribution in [2.24, 2.45) is 9.98 Å². The van der Waals surface area contributed by atoms with Crippen molar-refractivity contribution < 1.29 is 87.0 Å². The van der Waals surface area contributed by atoms with Gasteiger partial charge in [0, 0.05) is 6.42 Å². The van der Waals surface area contributed by atoms with Crippen LogP contribution in [0.25, 0.3) is 0 Å². The molecule has 53 heavy (non-hydrogen) atoms. The first-order chi connectivity index (χ1) is 23.8. The van der Waals surface area contributed by atoms with Crippen LogP contribution in [0.5, 0.6) is 0 Å². The number of nitrogens with zero attached hydrogens (tertiary/aromatic N) is 8.